The molecule has 1 N–H and O–H groups in total. The van der Waals surface area contributed by atoms with E-state index in [0.717, 1.165) is 0 Å². The van der Waals surface area contributed by atoms with Gasteiger partial charge in [0.05, 0.1) is 26.7 Å². The van der Waals surface area contributed by atoms with E-state index in [-0.39, 0.29) is 26.2 Å². The number of likely N-dealkylation sites (tertiary alicyclic amines) is 1. The first-order valence-corrected chi connectivity index (χ1v) is 6.48. The number of hydrogen-bond donors (Lipinski definition) is 1. The molecule has 120 valence electrons. The number of amides is 1. The molecule has 1 saturated heterocycles. The van der Waals surface area contributed by atoms with E-state index in [9.17, 15) is 19.7 Å². The molecule has 0 spiro atoms. The fourth-order valence-corrected chi connectivity index (χ4v) is 1.99. The summed E-state index contributed by atoms with van der Waals surface area (Å²) in [6.07, 6.45) is -0.527. The maximum atomic E-state index is 11.8. The minimum atomic E-state index is -0.922. The molecule has 0 saturated carbocycles. The molecule has 1 amide bonds. The highest BCUT2D eigenvalue weighted by Crippen LogP contribution is 2.24. The van der Waals surface area contributed by atoms with Crippen LogP contribution in [0, 0.1) is 10.1 Å². The molecule has 1 fully saturated rings. The van der Waals surface area contributed by atoms with Crippen molar-refractivity contribution in [1.82, 2.24) is 10.2 Å². The third kappa shape index (κ3) is 5.18. The molecule has 21 heavy (non-hydrogen) atoms. The van der Waals surface area contributed by atoms with Crippen LogP contribution < -0.4 is 5.32 Å². The van der Waals surface area contributed by atoms with Crippen LogP contribution in [0.1, 0.15) is 20.8 Å². The van der Waals surface area contributed by atoms with E-state index >= 15 is 0 Å². The first-order valence-electron chi connectivity index (χ1n) is 6.48. The topological polar surface area (TPSA) is 111 Å². The number of hydrogen-bond acceptors (Lipinski definition) is 7. The number of nitro groups is 1. The van der Waals surface area contributed by atoms with Crippen LogP contribution in [0.2, 0.25) is 0 Å². The van der Waals surface area contributed by atoms with E-state index in [4.69, 9.17) is 4.74 Å². The van der Waals surface area contributed by atoms with Crippen molar-refractivity contribution in [3.8, 4) is 0 Å². The van der Waals surface area contributed by atoms with Crippen LogP contribution in [0.4, 0.5) is 4.79 Å². The molecular weight excluding hydrogens is 282 g/mol. The lowest BCUT2D eigenvalue weighted by Crippen LogP contribution is -2.73. The summed E-state index contributed by atoms with van der Waals surface area (Å²) in [5.41, 5.74) is -1.55. The predicted octanol–water partition coefficient (Wildman–Crippen LogP) is 0.0152. The molecule has 0 bridgehead atoms. The first-order chi connectivity index (χ1) is 9.57. The van der Waals surface area contributed by atoms with Gasteiger partial charge in [0.2, 0.25) is 6.54 Å². The average Bonchev–Trinajstić information content (AvgIpc) is 2.28. The van der Waals surface area contributed by atoms with Gasteiger partial charge in [0.15, 0.2) is 0 Å². The second-order valence-electron chi connectivity index (χ2n) is 6.04. The van der Waals surface area contributed by atoms with Crippen LogP contribution in [0.15, 0.2) is 0 Å². The summed E-state index contributed by atoms with van der Waals surface area (Å²) in [6.45, 7) is 4.91. The fraction of sp³-hybridized carbons (Fsp3) is 0.833. The second kappa shape index (κ2) is 6.25. The molecule has 0 atom stereocenters. The standard InChI is InChI=1S/C12H21N3O6/c1-11(2,3)21-10(17)14-6-12(7-14,8-15(18)19)13-5-9(16)20-4/h13H,5-8H2,1-4H3. The van der Waals surface area contributed by atoms with Gasteiger partial charge in [0, 0.05) is 4.92 Å². The largest absolute Gasteiger partial charge is 0.468 e. The zero-order valence-corrected chi connectivity index (χ0v) is 12.7. The Morgan fingerprint density at radius 3 is 2.38 bits per heavy atom. The van der Waals surface area contributed by atoms with Crippen molar-refractivity contribution in [2.24, 2.45) is 0 Å². The molecule has 0 aromatic rings. The molecule has 0 unspecified atom stereocenters. The molecule has 0 aromatic heterocycles. The van der Waals surface area contributed by atoms with Crippen molar-refractivity contribution in [3.05, 3.63) is 10.1 Å². The summed E-state index contributed by atoms with van der Waals surface area (Å²) >= 11 is 0. The Balaban J connectivity index is 2.59. The summed E-state index contributed by atoms with van der Waals surface area (Å²) in [7, 11) is 1.23. The van der Waals surface area contributed by atoms with Crippen LogP contribution in [0.3, 0.4) is 0 Å². The Morgan fingerprint density at radius 2 is 1.95 bits per heavy atom. The zero-order valence-electron chi connectivity index (χ0n) is 12.7. The predicted molar refractivity (Wildman–Crippen MR) is 72.4 cm³/mol. The highest BCUT2D eigenvalue weighted by atomic mass is 16.6. The van der Waals surface area contributed by atoms with Gasteiger partial charge in [-0.3, -0.25) is 20.2 Å². The van der Waals surface area contributed by atoms with Crippen molar-refractivity contribution in [2.45, 2.75) is 31.9 Å². The minimum Gasteiger partial charge on any atom is -0.468 e. The Labute approximate surface area is 122 Å². The highest BCUT2D eigenvalue weighted by molar-refractivity contribution is 5.72. The summed E-state index contributed by atoms with van der Waals surface area (Å²) in [5.74, 6) is -0.520. The number of carbonyl (C=O) groups excluding carboxylic acids is 2. The quantitative estimate of drug-likeness (QED) is 0.433. The van der Waals surface area contributed by atoms with Crippen LogP contribution in [0.25, 0.3) is 0 Å². The average molecular weight is 303 g/mol. The Bertz CT molecular complexity index is 425. The third-order valence-electron chi connectivity index (χ3n) is 2.91. The summed E-state index contributed by atoms with van der Waals surface area (Å²) in [4.78, 5) is 34.6. The molecule has 0 radical (unpaired) electrons. The van der Waals surface area contributed by atoms with Crippen molar-refractivity contribution in [3.63, 3.8) is 0 Å². The van der Waals surface area contributed by atoms with Crippen molar-refractivity contribution >= 4 is 12.1 Å². The van der Waals surface area contributed by atoms with Crippen LogP contribution in [-0.4, -0.2) is 66.3 Å². The summed E-state index contributed by atoms with van der Waals surface area (Å²) in [6, 6.07) is 0. The number of methoxy groups -OCH3 is 1. The van der Waals surface area contributed by atoms with Gasteiger partial charge < -0.3 is 14.4 Å². The lowest BCUT2D eigenvalue weighted by Gasteiger charge is -2.47. The number of carbonyl (C=O) groups is 2. The molecule has 1 heterocycles. The molecule has 1 aliphatic rings. The molecule has 9 heteroatoms. The molecule has 1 aliphatic heterocycles. The summed E-state index contributed by atoms with van der Waals surface area (Å²) < 4.78 is 9.67. The zero-order chi connectivity index (χ0) is 16.3. The van der Waals surface area contributed by atoms with Gasteiger partial charge in [-0.2, -0.15) is 0 Å². The Morgan fingerprint density at radius 1 is 1.38 bits per heavy atom. The number of nitrogens with one attached hydrogen (secondary N) is 1. The van der Waals surface area contributed by atoms with Gasteiger partial charge in [0.25, 0.3) is 0 Å². The maximum Gasteiger partial charge on any atom is 0.410 e. The van der Waals surface area contributed by atoms with E-state index in [1.54, 1.807) is 20.8 Å². The minimum absolute atomic E-state index is 0.111. The number of rotatable bonds is 5. The van der Waals surface area contributed by atoms with Crippen LogP contribution in [-0.2, 0) is 14.3 Å². The molecular formula is C12H21N3O6. The van der Waals surface area contributed by atoms with Gasteiger partial charge in [-0.25, -0.2) is 4.79 Å². The Kier molecular flexibility index (Phi) is 5.10. The van der Waals surface area contributed by atoms with E-state index in [2.05, 4.69) is 10.1 Å². The smallest absolute Gasteiger partial charge is 0.410 e. The SMILES string of the molecule is COC(=O)CNC1(C[N+](=O)[O-])CN(C(=O)OC(C)(C)C)C1. The highest BCUT2D eigenvalue weighted by Gasteiger charge is 2.50. The third-order valence-corrected chi connectivity index (χ3v) is 2.91. The maximum absolute atomic E-state index is 11.8. The van der Waals surface area contributed by atoms with E-state index in [1.165, 1.54) is 12.0 Å². The fourth-order valence-electron chi connectivity index (χ4n) is 1.99. The van der Waals surface area contributed by atoms with Crippen molar-refractivity contribution < 1.29 is 24.0 Å². The number of nitrogens with zero attached hydrogens (tertiary/aromatic N) is 2. The normalized spacial score (nSPS) is 16.9. The Hall–Kier alpha value is -1.90. The first kappa shape index (κ1) is 17.2. The van der Waals surface area contributed by atoms with E-state index < -0.39 is 28.1 Å². The van der Waals surface area contributed by atoms with Crippen molar-refractivity contribution in [2.75, 3.05) is 33.3 Å². The van der Waals surface area contributed by atoms with E-state index in [0.29, 0.717) is 0 Å². The molecule has 1 rings (SSSR count). The van der Waals surface area contributed by atoms with Gasteiger partial charge >= 0.3 is 12.1 Å². The summed E-state index contributed by atoms with van der Waals surface area (Å²) in [5, 5.41) is 13.5. The molecule has 9 nitrogen and oxygen atoms in total. The molecule has 0 aromatic carbocycles. The van der Waals surface area contributed by atoms with Crippen LogP contribution in [0.5, 0.6) is 0 Å². The number of esters is 1. The van der Waals surface area contributed by atoms with Crippen LogP contribution >= 0.6 is 0 Å². The van der Waals surface area contributed by atoms with Gasteiger partial charge in [0.1, 0.15) is 11.1 Å². The monoisotopic (exact) mass is 303 g/mol. The van der Waals surface area contributed by atoms with E-state index in [1.807, 2.05) is 0 Å². The van der Waals surface area contributed by atoms with Gasteiger partial charge in [-0.05, 0) is 20.8 Å². The molecule has 0 aliphatic carbocycles. The number of ether oxygens (including phenoxy) is 2. The lowest BCUT2D eigenvalue weighted by molar-refractivity contribution is -0.494. The van der Waals surface area contributed by atoms with Gasteiger partial charge in [-0.1, -0.05) is 0 Å². The lowest BCUT2D eigenvalue weighted by atomic mass is 9.90. The van der Waals surface area contributed by atoms with Gasteiger partial charge in [-0.15, -0.1) is 0 Å². The van der Waals surface area contributed by atoms with Crippen molar-refractivity contribution in [1.29, 1.82) is 0 Å². The second-order valence-corrected chi connectivity index (χ2v) is 6.04.